The minimum atomic E-state index is -0.0913. The summed E-state index contributed by atoms with van der Waals surface area (Å²) in [6.45, 7) is 0. The molecule has 3 rings (SSSR count). The molecule has 0 spiro atoms. The number of halogens is 2. The molecule has 0 aliphatic rings. The fourth-order valence-corrected chi connectivity index (χ4v) is 3.83. The maximum absolute atomic E-state index is 12.3. The van der Waals surface area contributed by atoms with Crippen LogP contribution >= 0.6 is 45.5 Å². The van der Waals surface area contributed by atoms with Crippen LogP contribution in [0.1, 0.15) is 9.67 Å². The second-order valence-electron chi connectivity index (χ2n) is 4.23. The molecule has 0 bridgehead atoms. The van der Waals surface area contributed by atoms with Crippen molar-refractivity contribution in [3.63, 3.8) is 0 Å². The van der Waals surface area contributed by atoms with Crippen LogP contribution in [0.4, 0.5) is 5.69 Å². The van der Waals surface area contributed by atoms with E-state index < -0.39 is 0 Å². The Morgan fingerprint density at radius 2 is 1.95 bits per heavy atom. The summed E-state index contributed by atoms with van der Waals surface area (Å²) in [5, 5.41) is 4.67. The van der Waals surface area contributed by atoms with Crippen molar-refractivity contribution in [2.24, 2.45) is 0 Å². The largest absolute Gasteiger partial charge is 0.320 e. The van der Waals surface area contributed by atoms with Gasteiger partial charge in [-0.2, -0.15) is 0 Å². The maximum Gasteiger partial charge on any atom is 0.265 e. The highest BCUT2D eigenvalue weighted by atomic mass is 127. The summed E-state index contributed by atoms with van der Waals surface area (Å²) in [6, 6.07) is 15.3. The topological polar surface area (TPSA) is 29.1 Å². The van der Waals surface area contributed by atoms with E-state index in [0.717, 1.165) is 19.3 Å². The standard InChI is InChI=1S/C15H9ClINOS/c16-10-5-6-12(11(17)8-10)18-15(19)14-7-9-3-1-2-4-13(9)20-14/h1-8H,(H,18,19). The Balaban J connectivity index is 1.89. The van der Waals surface area contributed by atoms with E-state index in [1.54, 1.807) is 6.07 Å². The molecule has 0 saturated carbocycles. The molecule has 20 heavy (non-hydrogen) atoms. The first-order valence-corrected chi connectivity index (χ1v) is 8.16. The second-order valence-corrected chi connectivity index (χ2v) is 6.91. The Labute approximate surface area is 138 Å². The summed E-state index contributed by atoms with van der Waals surface area (Å²) >= 11 is 9.56. The van der Waals surface area contributed by atoms with E-state index in [4.69, 9.17) is 11.6 Å². The normalized spacial score (nSPS) is 10.7. The number of anilines is 1. The van der Waals surface area contributed by atoms with E-state index in [9.17, 15) is 4.79 Å². The molecule has 0 unspecified atom stereocenters. The average Bonchev–Trinajstić information content (AvgIpc) is 2.86. The Morgan fingerprint density at radius 3 is 2.70 bits per heavy atom. The van der Waals surface area contributed by atoms with Gasteiger partial charge in [0.05, 0.1) is 10.6 Å². The molecule has 0 saturated heterocycles. The fraction of sp³-hybridized carbons (Fsp3) is 0. The van der Waals surface area contributed by atoms with E-state index in [-0.39, 0.29) is 5.91 Å². The Morgan fingerprint density at radius 1 is 1.15 bits per heavy atom. The number of rotatable bonds is 2. The third kappa shape index (κ3) is 2.82. The number of fused-ring (bicyclic) bond motifs is 1. The van der Waals surface area contributed by atoms with Gasteiger partial charge in [0.25, 0.3) is 5.91 Å². The zero-order chi connectivity index (χ0) is 14.1. The second kappa shape index (κ2) is 5.71. The highest BCUT2D eigenvalue weighted by Crippen LogP contribution is 2.27. The summed E-state index contributed by atoms with van der Waals surface area (Å²) in [5.41, 5.74) is 0.775. The SMILES string of the molecule is O=C(Nc1ccc(Cl)cc1I)c1cc2ccccc2s1. The van der Waals surface area contributed by atoms with Gasteiger partial charge in [-0.1, -0.05) is 29.8 Å². The number of carbonyl (C=O) groups is 1. The lowest BCUT2D eigenvalue weighted by atomic mass is 10.2. The zero-order valence-electron chi connectivity index (χ0n) is 10.2. The third-order valence-corrected chi connectivity index (χ3v) is 5.07. The molecule has 3 aromatic rings. The molecular formula is C15H9ClINOS. The maximum atomic E-state index is 12.3. The molecule has 2 nitrogen and oxygen atoms in total. The van der Waals surface area contributed by atoms with Crippen LogP contribution in [-0.2, 0) is 0 Å². The average molecular weight is 414 g/mol. The number of carbonyl (C=O) groups excluding carboxylic acids is 1. The molecule has 0 aliphatic carbocycles. The Bertz CT molecular complexity index is 766. The van der Waals surface area contributed by atoms with E-state index in [1.165, 1.54) is 11.3 Å². The molecule has 0 fully saturated rings. The molecule has 1 N–H and O–H groups in total. The smallest absolute Gasteiger partial charge is 0.265 e. The highest BCUT2D eigenvalue weighted by molar-refractivity contribution is 14.1. The van der Waals surface area contributed by atoms with Gasteiger partial charge in [-0.15, -0.1) is 11.3 Å². The lowest BCUT2D eigenvalue weighted by molar-refractivity contribution is 0.103. The Kier molecular flexibility index (Phi) is 3.96. The van der Waals surface area contributed by atoms with Gasteiger partial charge in [0.15, 0.2) is 0 Å². The molecule has 0 atom stereocenters. The number of benzene rings is 2. The van der Waals surface area contributed by atoms with Gasteiger partial charge in [0, 0.05) is 13.3 Å². The highest BCUT2D eigenvalue weighted by Gasteiger charge is 2.11. The summed E-state index contributed by atoms with van der Waals surface area (Å²) in [7, 11) is 0. The van der Waals surface area contributed by atoms with Crippen molar-refractivity contribution in [3.8, 4) is 0 Å². The molecule has 100 valence electrons. The lowest BCUT2D eigenvalue weighted by Gasteiger charge is -2.06. The van der Waals surface area contributed by atoms with Crippen molar-refractivity contribution in [3.05, 3.63) is 62.0 Å². The van der Waals surface area contributed by atoms with Crippen molar-refractivity contribution < 1.29 is 4.79 Å². The number of nitrogens with one attached hydrogen (secondary N) is 1. The number of thiophene rings is 1. The molecule has 1 amide bonds. The van der Waals surface area contributed by atoms with Gasteiger partial charge in [-0.05, 0) is 58.3 Å². The van der Waals surface area contributed by atoms with Crippen molar-refractivity contribution in [1.29, 1.82) is 0 Å². The summed E-state index contributed by atoms with van der Waals surface area (Å²) in [6.07, 6.45) is 0. The van der Waals surface area contributed by atoms with Gasteiger partial charge >= 0.3 is 0 Å². The molecule has 0 radical (unpaired) electrons. The molecule has 1 heterocycles. The number of hydrogen-bond donors (Lipinski definition) is 1. The first-order valence-electron chi connectivity index (χ1n) is 5.88. The van der Waals surface area contributed by atoms with Gasteiger partial charge in [0.2, 0.25) is 0 Å². The summed E-state index contributed by atoms with van der Waals surface area (Å²) < 4.78 is 2.04. The molecule has 2 aromatic carbocycles. The van der Waals surface area contributed by atoms with E-state index in [2.05, 4.69) is 27.9 Å². The van der Waals surface area contributed by atoms with Crippen LogP contribution < -0.4 is 5.32 Å². The molecular weight excluding hydrogens is 405 g/mol. The summed E-state index contributed by atoms with van der Waals surface area (Å²) in [5.74, 6) is -0.0913. The van der Waals surface area contributed by atoms with Crippen molar-refractivity contribution in [1.82, 2.24) is 0 Å². The van der Waals surface area contributed by atoms with Crippen LogP contribution in [0.3, 0.4) is 0 Å². The van der Waals surface area contributed by atoms with E-state index >= 15 is 0 Å². The van der Waals surface area contributed by atoms with Gasteiger partial charge in [-0.25, -0.2) is 0 Å². The minimum absolute atomic E-state index is 0.0913. The number of amides is 1. The fourth-order valence-electron chi connectivity index (χ4n) is 1.87. The lowest BCUT2D eigenvalue weighted by Crippen LogP contribution is -2.11. The van der Waals surface area contributed by atoms with Crippen LogP contribution in [-0.4, -0.2) is 5.91 Å². The summed E-state index contributed by atoms with van der Waals surface area (Å²) in [4.78, 5) is 13.0. The first kappa shape index (κ1) is 13.9. The predicted octanol–water partition coefficient (Wildman–Crippen LogP) is 5.41. The first-order chi connectivity index (χ1) is 9.63. The van der Waals surface area contributed by atoms with Gasteiger partial charge in [0.1, 0.15) is 0 Å². The third-order valence-electron chi connectivity index (χ3n) is 2.83. The van der Waals surface area contributed by atoms with Crippen LogP contribution in [0.2, 0.25) is 5.02 Å². The van der Waals surface area contributed by atoms with Crippen LogP contribution in [0.5, 0.6) is 0 Å². The predicted molar refractivity (Wildman–Crippen MR) is 93.9 cm³/mol. The monoisotopic (exact) mass is 413 g/mol. The minimum Gasteiger partial charge on any atom is -0.320 e. The van der Waals surface area contributed by atoms with E-state index in [0.29, 0.717) is 9.90 Å². The van der Waals surface area contributed by atoms with Gasteiger partial charge < -0.3 is 5.32 Å². The van der Waals surface area contributed by atoms with Crippen LogP contribution in [0, 0.1) is 3.57 Å². The van der Waals surface area contributed by atoms with Crippen LogP contribution in [0.15, 0.2) is 48.5 Å². The van der Waals surface area contributed by atoms with Gasteiger partial charge in [-0.3, -0.25) is 4.79 Å². The molecule has 0 aliphatic heterocycles. The van der Waals surface area contributed by atoms with E-state index in [1.807, 2.05) is 42.5 Å². The van der Waals surface area contributed by atoms with Crippen LogP contribution in [0.25, 0.3) is 10.1 Å². The quantitative estimate of drug-likeness (QED) is 0.559. The van der Waals surface area contributed by atoms with Crippen molar-refractivity contribution >= 4 is 67.2 Å². The van der Waals surface area contributed by atoms with Crippen molar-refractivity contribution in [2.45, 2.75) is 0 Å². The van der Waals surface area contributed by atoms with Crippen molar-refractivity contribution in [2.75, 3.05) is 5.32 Å². The molecule has 1 aromatic heterocycles. The Hall–Kier alpha value is -1.11. The molecule has 5 heteroatoms. The number of hydrogen-bond acceptors (Lipinski definition) is 2. The zero-order valence-corrected chi connectivity index (χ0v) is 13.9.